The summed E-state index contributed by atoms with van der Waals surface area (Å²) in [6, 6.07) is 13.7. The lowest BCUT2D eigenvalue weighted by Gasteiger charge is -2.34. The van der Waals surface area contributed by atoms with Crippen molar-refractivity contribution in [3.05, 3.63) is 71.9 Å². The first kappa shape index (κ1) is 37.3. The molecule has 15 heteroatoms. The van der Waals surface area contributed by atoms with Gasteiger partial charge in [0.05, 0.1) is 11.7 Å². The Labute approximate surface area is 281 Å². The van der Waals surface area contributed by atoms with Gasteiger partial charge in [-0.3, -0.25) is 14.2 Å². The highest BCUT2D eigenvalue weighted by atomic mass is 32.2. The summed E-state index contributed by atoms with van der Waals surface area (Å²) in [5.74, 6) is -3.97. The van der Waals surface area contributed by atoms with Crippen LogP contribution in [0.3, 0.4) is 0 Å². The summed E-state index contributed by atoms with van der Waals surface area (Å²) >= 11 is 0. The first-order valence-corrected chi connectivity index (χ1v) is 20.0. The predicted octanol–water partition coefficient (Wildman–Crippen LogP) is 2.84. The topological polar surface area (TPSA) is 221 Å². The number of aliphatic carboxylic acids is 1. The van der Waals surface area contributed by atoms with Crippen LogP contribution in [0.5, 0.6) is 0 Å². The number of carbonyl (C=O) groups is 3. The highest BCUT2D eigenvalue weighted by molar-refractivity contribution is 7.88. The molecule has 3 aromatic rings. The second-order valence-electron chi connectivity index (χ2n) is 12.8. The number of fused-ring (bicyclic) bond motifs is 1. The Kier molecular flexibility index (Phi) is 12.6. The van der Waals surface area contributed by atoms with Crippen molar-refractivity contribution in [3.8, 4) is 0 Å². The molecule has 13 nitrogen and oxygen atoms in total. The molecule has 0 spiro atoms. The van der Waals surface area contributed by atoms with Gasteiger partial charge in [-0.05, 0) is 49.4 Å². The first-order chi connectivity index (χ1) is 22.7. The quantitative estimate of drug-likeness (QED) is 0.0764. The van der Waals surface area contributed by atoms with Crippen molar-refractivity contribution in [1.82, 2.24) is 20.3 Å². The van der Waals surface area contributed by atoms with Gasteiger partial charge in [-0.1, -0.05) is 67.8 Å². The summed E-state index contributed by atoms with van der Waals surface area (Å²) in [4.78, 5) is 54.7. The zero-order valence-corrected chi connectivity index (χ0v) is 28.8. The number of carbonyl (C=O) groups excluding carboxylic acids is 2. The highest BCUT2D eigenvalue weighted by Crippen LogP contribution is 2.55. The van der Waals surface area contributed by atoms with Crippen LogP contribution in [0.15, 0.2) is 60.8 Å². The predicted molar refractivity (Wildman–Crippen MR) is 184 cm³/mol. The van der Waals surface area contributed by atoms with Gasteiger partial charge in [0.2, 0.25) is 29.2 Å². The minimum absolute atomic E-state index is 0.00350. The number of para-hydroxylation sites is 1. The maximum Gasteiger partial charge on any atom is 0.326 e. The second-order valence-corrected chi connectivity index (χ2v) is 17.0. The Morgan fingerprint density at radius 2 is 1.65 bits per heavy atom. The summed E-state index contributed by atoms with van der Waals surface area (Å²) in [5.41, 5.74) is 6.43. The van der Waals surface area contributed by atoms with Gasteiger partial charge >= 0.3 is 5.97 Å². The fraction of sp³-hybridized carbons (Fsp3) is 0.485. The second kappa shape index (κ2) is 16.2. The van der Waals surface area contributed by atoms with Crippen molar-refractivity contribution >= 4 is 46.1 Å². The van der Waals surface area contributed by atoms with Crippen LogP contribution < -0.4 is 21.1 Å². The molecular weight excluding hydrogens is 657 g/mol. The Hall–Kier alpha value is -3.55. The monoisotopic (exact) mass is 703 g/mol. The molecular formula is C33H46N5O8PS. The van der Waals surface area contributed by atoms with E-state index in [1.807, 2.05) is 24.3 Å². The maximum atomic E-state index is 14.4. The third kappa shape index (κ3) is 9.99. The summed E-state index contributed by atoms with van der Waals surface area (Å²) in [6.45, 7) is 0.352. The molecule has 1 aliphatic rings. The fourth-order valence-electron chi connectivity index (χ4n) is 6.48. The summed E-state index contributed by atoms with van der Waals surface area (Å²) in [7, 11) is -8.21. The molecule has 48 heavy (non-hydrogen) atoms. The zero-order chi connectivity index (χ0) is 35.0. The molecule has 262 valence electrons. The number of H-pyrrole nitrogens is 1. The van der Waals surface area contributed by atoms with Crippen molar-refractivity contribution in [2.24, 2.45) is 11.1 Å². The van der Waals surface area contributed by atoms with E-state index < -0.39 is 64.6 Å². The molecule has 0 radical (unpaired) electrons. The van der Waals surface area contributed by atoms with Gasteiger partial charge in [0.15, 0.2) is 0 Å². The van der Waals surface area contributed by atoms with E-state index in [1.54, 1.807) is 36.5 Å². The lowest BCUT2D eigenvalue weighted by atomic mass is 9.87. The molecule has 1 saturated carbocycles. The maximum absolute atomic E-state index is 14.4. The van der Waals surface area contributed by atoms with Crippen LogP contribution in [-0.2, 0) is 41.8 Å². The van der Waals surface area contributed by atoms with Crippen LogP contribution in [0.4, 0.5) is 0 Å². The molecule has 2 aromatic carbocycles. The number of amides is 2. The van der Waals surface area contributed by atoms with E-state index in [0.29, 0.717) is 43.4 Å². The Balaban J connectivity index is 1.59. The van der Waals surface area contributed by atoms with Crippen LogP contribution in [0.1, 0.15) is 56.1 Å². The molecule has 1 fully saturated rings. The van der Waals surface area contributed by atoms with Gasteiger partial charge in [0.1, 0.15) is 17.9 Å². The van der Waals surface area contributed by atoms with Crippen molar-refractivity contribution in [2.75, 3.05) is 19.0 Å². The van der Waals surface area contributed by atoms with Gasteiger partial charge in [0, 0.05) is 36.1 Å². The van der Waals surface area contributed by atoms with Crippen LogP contribution in [0, 0.1) is 5.41 Å². The van der Waals surface area contributed by atoms with Gasteiger partial charge in [-0.15, -0.1) is 0 Å². The number of rotatable bonds is 18. The number of aromatic amines is 1. The van der Waals surface area contributed by atoms with E-state index in [9.17, 15) is 37.4 Å². The van der Waals surface area contributed by atoms with Crippen LogP contribution in [-0.4, -0.2) is 78.0 Å². The van der Waals surface area contributed by atoms with E-state index in [2.05, 4.69) is 20.3 Å². The Morgan fingerprint density at radius 1 is 0.979 bits per heavy atom. The van der Waals surface area contributed by atoms with E-state index in [-0.39, 0.29) is 32.1 Å². The Bertz CT molecular complexity index is 1730. The van der Waals surface area contributed by atoms with Crippen LogP contribution >= 0.6 is 7.37 Å². The number of aromatic nitrogens is 1. The molecule has 2 unspecified atom stereocenters. The minimum atomic E-state index is -4.41. The van der Waals surface area contributed by atoms with Crippen LogP contribution in [0.2, 0.25) is 0 Å². The number of carboxylic acid groups (broad SMARTS) is 1. The molecule has 2 amide bonds. The number of nitrogens with two attached hydrogens (primary N) is 1. The Morgan fingerprint density at radius 3 is 2.29 bits per heavy atom. The van der Waals surface area contributed by atoms with Crippen molar-refractivity contribution < 1.29 is 37.4 Å². The number of benzene rings is 2. The molecule has 1 aromatic heterocycles. The summed E-state index contributed by atoms with van der Waals surface area (Å²) in [6.07, 6.45) is 4.98. The van der Waals surface area contributed by atoms with E-state index in [1.165, 1.54) is 0 Å². The third-order valence-electron chi connectivity index (χ3n) is 8.96. The van der Waals surface area contributed by atoms with Crippen molar-refractivity contribution in [1.29, 1.82) is 0 Å². The molecule has 0 aliphatic heterocycles. The standard InChI is InChI=1S/C33H46N5O8PS/c1-48(45,46)38-27(15-7-10-18-34)30(39)37-29(19-23-11-3-2-4-12-23)47(43,44)22-33(16-8-9-17-33)32(42)36-28(31(40)41)20-24-21-35-26-14-6-5-13-25(24)26/h2-6,11-14,21,27-29,35,38H,7-10,15-20,22,34H2,1H3,(H,36,42)(H,37,39)(H,40,41)(H,43,44)/t27-,28?,29+/m0/s1. The van der Waals surface area contributed by atoms with E-state index in [0.717, 1.165) is 17.2 Å². The van der Waals surface area contributed by atoms with Gasteiger partial charge in [-0.2, -0.15) is 0 Å². The van der Waals surface area contributed by atoms with E-state index in [4.69, 9.17) is 5.73 Å². The van der Waals surface area contributed by atoms with E-state index >= 15 is 0 Å². The number of hydrogen-bond acceptors (Lipinski definition) is 7. The molecule has 8 N–H and O–H groups in total. The summed E-state index contributed by atoms with van der Waals surface area (Å²) < 4.78 is 40.9. The first-order valence-electron chi connectivity index (χ1n) is 16.1. The molecule has 0 bridgehead atoms. The minimum Gasteiger partial charge on any atom is -0.480 e. The van der Waals surface area contributed by atoms with Crippen LogP contribution in [0.25, 0.3) is 10.9 Å². The number of carboxylic acids is 1. The average Bonchev–Trinajstić information content (AvgIpc) is 3.67. The van der Waals surface area contributed by atoms with Crippen molar-refractivity contribution in [3.63, 3.8) is 0 Å². The molecule has 0 saturated heterocycles. The lowest BCUT2D eigenvalue weighted by Crippen LogP contribution is -2.52. The number of sulfonamides is 1. The van der Waals surface area contributed by atoms with Gasteiger partial charge in [-0.25, -0.2) is 17.9 Å². The highest BCUT2D eigenvalue weighted by Gasteiger charge is 2.49. The SMILES string of the molecule is CS(=O)(=O)N[C@@H](CCCCN)C(=O)N[C@@H](Cc1ccccc1)P(=O)(O)CC1(C(=O)NC(Cc2c[nH]c3ccccc23)C(=O)O)CCCC1. The third-order valence-corrected chi connectivity index (χ3v) is 12.0. The smallest absolute Gasteiger partial charge is 0.326 e. The largest absolute Gasteiger partial charge is 0.480 e. The lowest BCUT2D eigenvalue weighted by molar-refractivity contribution is -0.143. The zero-order valence-electron chi connectivity index (χ0n) is 27.1. The molecule has 1 aliphatic carbocycles. The van der Waals surface area contributed by atoms with Crippen molar-refractivity contribution in [2.45, 2.75) is 75.7 Å². The molecule has 4 rings (SSSR count). The number of hydrogen-bond donors (Lipinski definition) is 7. The number of nitrogens with one attached hydrogen (secondary N) is 4. The average molecular weight is 704 g/mol. The normalized spacial score (nSPS) is 17.6. The number of unbranched alkanes of at least 4 members (excludes halogenated alkanes) is 1. The van der Waals surface area contributed by atoms with Gasteiger partial charge in [0.25, 0.3) is 0 Å². The molecule has 1 heterocycles. The molecule has 4 atom stereocenters. The summed E-state index contributed by atoms with van der Waals surface area (Å²) in [5, 5.41) is 16.2. The van der Waals surface area contributed by atoms with Gasteiger partial charge < -0.3 is 31.4 Å². The fourth-order valence-corrected chi connectivity index (χ4v) is 9.59.